The highest BCUT2D eigenvalue weighted by molar-refractivity contribution is 7.48. The van der Waals surface area contributed by atoms with E-state index in [1.165, 1.54) is 0 Å². The molecule has 296 valence electrons. The molecule has 0 amide bonds. The van der Waals surface area contributed by atoms with Gasteiger partial charge in [-0.05, 0) is 16.7 Å². The third kappa shape index (κ3) is 25.2. The largest absolute Gasteiger partial charge is 0.475 e. The number of phosphoric acid groups is 1. The number of rotatable bonds is 36. The van der Waals surface area contributed by atoms with E-state index in [2.05, 4.69) is 0 Å². The molecule has 14 heteroatoms. The van der Waals surface area contributed by atoms with Gasteiger partial charge in [0.1, 0.15) is 0 Å². The molecule has 0 unspecified atom stereocenters. The van der Waals surface area contributed by atoms with Gasteiger partial charge in [0.25, 0.3) is 0 Å². The van der Waals surface area contributed by atoms with Crippen LogP contribution < -0.4 is 0 Å². The molecule has 0 aliphatic rings. The minimum atomic E-state index is -3.90. The monoisotopic (exact) mass is 764 g/mol. The Morgan fingerprint density at radius 2 is 0.491 bits per heavy atom. The van der Waals surface area contributed by atoms with E-state index in [-0.39, 0.29) is 39.6 Å². The lowest BCUT2D eigenvalue weighted by Gasteiger charge is -2.18. The lowest BCUT2D eigenvalue weighted by atomic mass is 10.2. The van der Waals surface area contributed by atoms with Crippen LogP contribution in [0.1, 0.15) is 16.7 Å². The Bertz CT molecular complexity index is 1120. The fraction of sp³-hybridized carbons (Fsp3) is 0.538. The first-order valence-corrected chi connectivity index (χ1v) is 19.5. The van der Waals surface area contributed by atoms with Crippen LogP contribution in [0.5, 0.6) is 0 Å². The number of benzene rings is 3. The van der Waals surface area contributed by atoms with E-state index in [0.29, 0.717) is 99.1 Å². The maximum absolute atomic E-state index is 13.3. The molecule has 3 aromatic carbocycles. The Morgan fingerprint density at radius 3 is 0.736 bits per heavy atom. The summed E-state index contributed by atoms with van der Waals surface area (Å²) >= 11 is 0. The highest BCUT2D eigenvalue weighted by Crippen LogP contribution is 2.49. The smallest absolute Gasteiger partial charge is 0.377 e. The van der Waals surface area contributed by atoms with E-state index in [1.807, 2.05) is 91.0 Å². The van der Waals surface area contributed by atoms with Crippen molar-refractivity contribution in [1.82, 2.24) is 0 Å². The fourth-order valence-corrected chi connectivity index (χ4v) is 5.47. The lowest BCUT2D eigenvalue weighted by molar-refractivity contribution is -0.00873. The summed E-state index contributed by atoms with van der Waals surface area (Å²) in [4.78, 5) is 0. The summed E-state index contributed by atoms with van der Waals surface area (Å²) < 4.78 is 79.8. The van der Waals surface area contributed by atoms with Crippen molar-refractivity contribution in [3.8, 4) is 0 Å². The normalized spacial score (nSPS) is 11.7. The second-order valence-corrected chi connectivity index (χ2v) is 12.9. The topological polar surface area (TPSA) is 128 Å². The van der Waals surface area contributed by atoms with Crippen LogP contribution in [0.15, 0.2) is 91.0 Å². The van der Waals surface area contributed by atoms with E-state index < -0.39 is 7.82 Å². The molecular weight excluding hydrogens is 707 g/mol. The number of hydrogen-bond acceptors (Lipinski definition) is 13. The third-order valence-corrected chi connectivity index (χ3v) is 8.49. The van der Waals surface area contributed by atoms with Gasteiger partial charge >= 0.3 is 7.82 Å². The van der Waals surface area contributed by atoms with Crippen LogP contribution in [0.2, 0.25) is 0 Å². The molecule has 0 atom stereocenters. The molecule has 0 aliphatic heterocycles. The summed E-state index contributed by atoms with van der Waals surface area (Å²) in [5.41, 5.74) is 3.35. The fourth-order valence-electron chi connectivity index (χ4n) is 4.35. The Hall–Kier alpha value is -2.59. The summed E-state index contributed by atoms with van der Waals surface area (Å²) in [6.45, 7) is 7.19. The highest BCUT2D eigenvalue weighted by Gasteiger charge is 2.26. The van der Waals surface area contributed by atoms with E-state index in [1.54, 1.807) is 0 Å². The van der Waals surface area contributed by atoms with Crippen molar-refractivity contribution >= 4 is 7.82 Å². The van der Waals surface area contributed by atoms with Crippen molar-refractivity contribution in [2.75, 3.05) is 119 Å². The zero-order valence-electron chi connectivity index (χ0n) is 30.8. The number of hydrogen-bond donors (Lipinski definition) is 0. The zero-order chi connectivity index (χ0) is 37.2. The number of ether oxygens (including phenoxy) is 9. The zero-order valence-corrected chi connectivity index (χ0v) is 31.7. The van der Waals surface area contributed by atoms with Gasteiger partial charge in [0.15, 0.2) is 0 Å². The summed E-state index contributed by atoms with van der Waals surface area (Å²) in [5, 5.41) is 0. The van der Waals surface area contributed by atoms with Crippen LogP contribution in [0.4, 0.5) is 0 Å². The summed E-state index contributed by atoms with van der Waals surface area (Å²) in [5.74, 6) is 0. The molecule has 13 nitrogen and oxygen atoms in total. The average Bonchev–Trinajstić information content (AvgIpc) is 3.19. The first kappa shape index (κ1) is 44.8. The second kappa shape index (κ2) is 31.7. The molecular formula is C39H57O13P. The molecule has 0 fully saturated rings. The molecule has 3 aromatic rings. The maximum Gasteiger partial charge on any atom is 0.475 e. The first-order chi connectivity index (χ1) is 26.2. The van der Waals surface area contributed by atoms with E-state index in [4.69, 9.17) is 56.2 Å². The molecule has 0 saturated carbocycles. The molecule has 0 spiro atoms. The van der Waals surface area contributed by atoms with Crippen molar-refractivity contribution < 1.29 is 60.8 Å². The molecule has 3 rings (SSSR count). The highest BCUT2D eigenvalue weighted by atomic mass is 31.2. The van der Waals surface area contributed by atoms with Gasteiger partial charge in [-0.3, -0.25) is 13.6 Å². The van der Waals surface area contributed by atoms with Crippen LogP contribution in [-0.2, 0) is 80.6 Å². The quantitative estimate of drug-likeness (QED) is 0.0516. The predicted molar refractivity (Wildman–Crippen MR) is 199 cm³/mol. The minimum Gasteiger partial charge on any atom is -0.377 e. The van der Waals surface area contributed by atoms with Crippen molar-refractivity contribution in [3.63, 3.8) is 0 Å². The molecule has 0 saturated heterocycles. The van der Waals surface area contributed by atoms with Crippen LogP contribution >= 0.6 is 7.82 Å². The van der Waals surface area contributed by atoms with Crippen molar-refractivity contribution in [2.45, 2.75) is 19.8 Å². The molecule has 53 heavy (non-hydrogen) atoms. The van der Waals surface area contributed by atoms with E-state index >= 15 is 0 Å². The minimum absolute atomic E-state index is 0.000451. The van der Waals surface area contributed by atoms with Crippen LogP contribution in [0, 0.1) is 0 Å². The second-order valence-electron chi connectivity index (χ2n) is 11.2. The molecule has 0 N–H and O–H groups in total. The molecule has 0 aliphatic carbocycles. The lowest BCUT2D eigenvalue weighted by Crippen LogP contribution is -2.15. The van der Waals surface area contributed by atoms with Crippen LogP contribution in [0.3, 0.4) is 0 Å². The van der Waals surface area contributed by atoms with Gasteiger partial charge in [-0.2, -0.15) is 0 Å². The summed E-state index contributed by atoms with van der Waals surface area (Å²) in [6, 6.07) is 29.9. The van der Waals surface area contributed by atoms with E-state index in [9.17, 15) is 4.57 Å². The van der Waals surface area contributed by atoms with Crippen LogP contribution in [0.25, 0.3) is 0 Å². The van der Waals surface area contributed by atoms with Gasteiger partial charge in [-0.1, -0.05) is 91.0 Å². The van der Waals surface area contributed by atoms with Gasteiger partial charge in [-0.15, -0.1) is 0 Å². The summed E-state index contributed by atoms with van der Waals surface area (Å²) in [6.07, 6.45) is 0. The number of phosphoric ester groups is 1. The summed E-state index contributed by atoms with van der Waals surface area (Å²) in [7, 11) is -3.90. The van der Waals surface area contributed by atoms with Gasteiger partial charge in [0.05, 0.1) is 139 Å². The third-order valence-electron chi connectivity index (χ3n) is 7.00. The molecule has 0 aromatic heterocycles. The first-order valence-electron chi connectivity index (χ1n) is 18.1. The Kier molecular flexibility index (Phi) is 26.8. The van der Waals surface area contributed by atoms with E-state index in [0.717, 1.165) is 16.7 Å². The molecule has 0 bridgehead atoms. The van der Waals surface area contributed by atoms with Crippen molar-refractivity contribution in [2.24, 2.45) is 0 Å². The predicted octanol–water partition coefficient (Wildman–Crippen LogP) is 5.89. The maximum atomic E-state index is 13.3. The average molecular weight is 765 g/mol. The van der Waals surface area contributed by atoms with Gasteiger partial charge in [-0.25, -0.2) is 4.57 Å². The SMILES string of the molecule is O=P(OCCOCCOCCOCc1ccccc1)(OCCOCCOCCOCc1ccccc1)OCCOCCOCCOCc1ccccc1. The Morgan fingerprint density at radius 1 is 0.283 bits per heavy atom. The Balaban J connectivity index is 1.19. The van der Waals surface area contributed by atoms with Crippen molar-refractivity contribution in [1.29, 1.82) is 0 Å². The van der Waals surface area contributed by atoms with Gasteiger partial charge in [0, 0.05) is 0 Å². The standard InChI is InChI=1S/C39H57O13P/c40-53(50-31-28-44-19-16-41-22-25-47-34-37-10-4-1-5-11-37,51-32-29-45-20-17-42-23-26-48-35-38-12-6-2-7-13-38)52-33-30-46-21-18-43-24-27-49-36-39-14-8-3-9-15-39/h1-15H,16-36H2. The Labute approximate surface area is 314 Å². The van der Waals surface area contributed by atoms with Crippen molar-refractivity contribution in [3.05, 3.63) is 108 Å². The van der Waals surface area contributed by atoms with Crippen LogP contribution in [-0.4, -0.2) is 119 Å². The molecule has 0 radical (unpaired) electrons. The van der Waals surface area contributed by atoms with Gasteiger partial charge in [0.2, 0.25) is 0 Å². The van der Waals surface area contributed by atoms with Gasteiger partial charge < -0.3 is 42.6 Å². The molecule has 0 heterocycles.